The molecule has 50 heavy (non-hydrogen) atoms. The summed E-state index contributed by atoms with van der Waals surface area (Å²) >= 11 is 1.87. The molecule has 7 aromatic carbocycles. The Hall–Kier alpha value is -6.43. The van der Waals surface area contributed by atoms with E-state index in [2.05, 4.69) is 114 Å². The Morgan fingerprint density at radius 3 is 1.66 bits per heavy atom. The number of aromatic nitrogens is 4. The highest BCUT2D eigenvalue weighted by atomic mass is 32.1. The van der Waals surface area contributed by atoms with Gasteiger partial charge in [-0.3, -0.25) is 0 Å². The van der Waals surface area contributed by atoms with Crippen molar-refractivity contribution in [3.63, 3.8) is 0 Å². The van der Waals surface area contributed by atoms with E-state index >= 15 is 0 Å². The molecule has 3 heterocycles. The highest BCUT2D eigenvalue weighted by molar-refractivity contribution is 7.26. The summed E-state index contributed by atoms with van der Waals surface area (Å²) in [6.45, 7) is 0. The zero-order valence-electron chi connectivity index (χ0n) is 26.9. The fraction of sp³-hybridized carbons (Fsp3) is 0. The third kappa shape index (κ3) is 4.71. The quantitative estimate of drug-likeness (QED) is 0.185. The van der Waals surface area contributed by atoms with Crippen molar-refractivity contribution in [3.8, 4) is 51.0 Å². The standard InChI is InChI=1S/C45H28N4S/c1-4-13-29(14-5-1)32-23-25-38-37(28-32)41-39(26-24-36-35-21-10-11-22-40(35)50-42(36)41)49(38)34-20-12-19-33(27-34)45-47-43(30-15-6-2-7-16-30)46-44(48-45)31-17-8-3-9-18-31/h1-28H. The second-order valence-electron chi connectivity index (χ2n) is 12.5. The van der Waals surface area contributed by atoms with Gasteiger partial charge in [-0.1, -0.05) is 133 Å². The van der Waals surface area contributed by atoms with Crippen molar-refractivity contribution >= 4 is 53.3 Å². The number of hydrogen-bond donors (Lipinski definition) is 0. The second-order valence-corrected chi connectivity index (χ2v) is 13.5. The maximum Gasteiger partial charge on any atom is 0.164 e. The molecule has 0 saturated carbocycles. The second kappa shape index (κ2) is 11.6. The van der Waals surface area contributed by atoms with Crippen LogP contribution in [-0.2, 0) is 0 Å². The first kappa shape index (κ1) is 28.6. The number of hydrogen-bond acceptors (Lipinski definition) is 4. The summed E-state index contributed by atoms with van der Waals surface area (Å²) < 4.78 is 5.01. The average molecular weight is 657 g/mol. The predicted molar refractivity (Wildman–Crippen MR) is 209 cm³/mol. The van der Waals surface area contributed by atoms with Gasteiger partial charge in [0.05, 0.1) is 11.0 Å². The zero-order valence-corrected chi connectivity index (χ0v) is 27.7. The normalized spacial score (nSPS) is 11.6. The maximum absolute atomic E-state index is 5.03. The van der Waals surface area contributed by atoms with Gasteiger partial charge in [0.15, 0.2) is 17.5 Å². The number of rotatable bonds is 5. The third-order valence-corrected chi connectivity index (χ3v) is 10.6. The summed E-state index contributed by atoms with van der Waals surface area (Å²) in [6.07, 6.45) is 0. The molecule has 0 spiro atoms. The van der Waals surface area contributed by atoms with Gasteiger partial charge in [0.2, 0.25) is 0 Å². The molecule has 0 unspecified atom stereocenters. The van der Waals surface area contributed by atoms with Gasteiger partial charge in [-0.15, -0.1) is 11.3 Å². The molecule has 0 aliphatic heterocycles. The minimum absolute atomic E-state index is 0.638. The molecule has 0 radical (unpaired) electrons. The van der Waals surface area contributed by atoms with Crippen LogP contribution in [0.25, 0.3) is 93.0 Å². The molecule has 5 heteroatoms. The summed E-state index contributed by atoms with van der Waals surface area (Å²) in [7, 11) is 0. The van der Waals surface area contributed by atoms with E-state index in [1.165, 1.54) is 47.6 Å². The number of nitrogens with zero attached hydrogens (tertiary/aromatic N) is 4. The maximum atomic E-state index is 5.03. The molecule has 0 aliphatic rings. The lowest BCUT2D eigenvalue weighted by molar-refractivity contribution is 1.07. The number of fused-ring (bicyclic) bond motifs is 7. The van der Waals surface area contributed by atoms with Gasteiger partial charge in [0.25, 0.3) is 0 Å². The lowest BCUT2D eigenvalue weighted by Gasteiger charge is -2.12. The molecule has 0 amide bonds. The molecule has 0 fully saturated rings. The van der Waals surface area contributed by atoms with E-state index < -0.39 is 0 Å². The van der Waals surface area contributed by atoms with Crippen molar-refractivity contribution in [3.05, 3.63) is 170 Å². The Kier molecular flexibility index (Phi) is 6.64. The van der Waals surface area contributed by atoms with Crippen LogP contribution in [0.1, 0.15) is 0 Å². The Morgan fingerprint density at radius 2 is 0.960 bits per heavy atom. The van der Waals surface area contributed by atoms with Crippen molar-refractivity contribution in [2.24, 2.45) is 0 Å². The third-order valence-electron chi connectivity index (χ3n) is 9.44. The molecule has 234 valence electrons. The van der Waals surface area contributed by atoms with E-state index in [1.807, 2.05) is 72.0 Å². The molecule has 0 atom stereocenters. The monoisotopic (exact) mass is 656 g/mol. The van der Waals surface area contributed by atoms with Crippen LogP contribution in [0.5, 0.6) is 0 Å². The first-order chi connectivity index (χ1) is 24.8. The average Bonchev–Trinajstić information content (AvgIpc) is 3.74. The molecule has 3 aromatic heterocycles. The van der Waals surface area contributed by atoms with Crippen LogP contribution < -0.4 is 0 Å². The Morgan fingerprint density at radius 1 is 0.380 bits per heavy atom. The Labute approximate surface area is 292 Å². The summed E-state index contributed by atoms with van der Waals surface area (Å²) in [5, 5.41) is 5.11. The van der Waals surface area contributed by atoms with Gasteiger partial charge in [0, 0.05) is 53.3 Å². The molecule has 0 bridgehead atoms. The van der Waals surface area contributed by atoms with Crippen molar-refractivity contribution in [1.29, 1.82) is 0 Å². The van der Waals surface area contributed by atoms with Crippen LogP contribution in [0, 0.1) is 0 Å². The zero-order chi connectivity index (χ0) is 33.0. The summed E-state index contributed by atoms with van der Waals surface area (Å²) in [5.41, 5.74) is 8.63. The fourth-order valence-corrected chi connectivity index (χ4v) is 8.36. The van der Waals surface area contributed by atoms with Gasteiger partial charge in [-0.2, -0.15) is 0 Å². The van der Waals surface area contributed by atoms with Crippen LogP contribution in [0.4, 0.5) is 0 Å². The van der Waals surface area contributed by atoms with Crippen LogP contribution in [0.15, 0.2) is 170 Å². The van der Waals surface area contributed by atoms with E-state index in [-0.39, 0.29) is 0 Å². The van der Waals surface area contributed by atoms with E-state index in [0.29, 0.717) is 17.5 Å². The molecular weight excluding hydrogens is 629 g/mol. The summed E-state index contributed by atoms with van der Waals surface area (Å²) in [4.78, 5) is 15.0. The van der Waals surface area contributed by atoms with Gasteiger partial charge >= 0.3 is 0 Å². The first-order valence-electron chi connectivity index (χ1n) is 16.7. The van der Waals surface area contributed by atoms with Gasteiger partial charge < -0.3 is 4.57 Å². The van der Waals surface area contributed by atoms with Gasteiger partial charge in [0.1, 0.15) is 0 Å². The first-order valence-corrected chi connectivity index (χ1v) is 17.5. The highest BCUT2D eigenvalue weighted by Crippen LogP contribution is 2.44. The topological polar surface area (TPSA) is 43.6 Å². The van der Waals surface area contributed by atoms with E-state index in [1.54, 1.807) is 0 Å². The molecule has 0 aliphatic carbocycles. The Bertz CT molecular complexity index is 2800. The van der Waals surface area contributed by atoms with Crippen molar-refractivity contribution in [1.82, 2.24) is 19.5 Å². The Balaban J connectivity index is 1.22. The number of thiophene rings is 1. The van der Waals surface area contributed by atoms with Crippen LogP contribution >= 0.6 is 11.3 Å². The smallest absolute Gasteiger partial charge is 0.164 e. The molecule has 10 rings (SSSR count). The molecule has 0 N–H and O–H groups in total. The van der Waals surface area contributed by atoms with Crippen LogP contribution in [-0.4, -0.2) is 19.5 Å². The summed E-state index contributed by atoms with van der Waals surface area (Å²) in [6, 6.07) is 59.6. The van der Waals surface area contributed by atoms with Crippen molar-refractivity contribution in [2.45, 2.75) is 0 Å². The van der Waals surface area contributed by atoms with Crippen molar-refractivity contribution < 1.29 is 0 Å². The van der Waals surface area contributed by atoms with E-state index in [0.717, 1.165) is 27.9 Å². The molecule has 10 aromatic rings. The van der Waals surface area contributed by atoms with Crippen LogP contribution in [0.3, 0.4) is 0 Å². The highest BCUT2D eigenvalue weighted by Gasteiger charge is 2.19. The predicted octanol–water partition coefficient (Wildman–Crippen LogP) is 12.0. The van der Waals surface area contributed by atoms with E-state index in [4.69, 9.17) is 15.0 Å². The summed E-state index contributed by atoms with van der Waals surface area (Å²) in [5.74, 6) is 1.94. The van der Waals surface area contributed by atoms with Crippen molar-refractivity contribution in [2.75, 3.05) is 0 Å². The van der Waals surface area contributed by atoms with Crippen LogP contribution in [0.2, 0.25) is 0 Å². The largest absolute Gasteiger partial charge is 0.309 e. The van der Waals surface area contributed by atoms with Gasteiger partial charge in [-0.05, 0) is 47.5 Å². The minimum Gasteiger partial charge on any atom is -0.309 e. The SMILES string of the molecule is c1ccc(-c2ccc3c(c2)c2c4sc5ccccc5c4ccc2n3-c2cccc(-c3nc(-c4ccccc4)nc(-c4ccccc4)n3)c2)cc1. The molecule has 0 saturated heterocycles. The molecular formula is C45H28N4S. The minimum atomic E-state index is 0.638. The number of benzene rings is 7. The van der Waals surface area contributed by atoms with Gasteiger partial charge in [-0.25, -0.2) is 15.0 Å². The lowest BCUT2D eigenvalue weighted by atomic mass is 10.0. The lowest BCUT2D eigenvalue weighted by Crippen LogP contribution is -2.01. The van der Waals surface area contributed by atoms with E-state index in [9.17, 15) is 0 Å². The fourth-order valence-electron chi connectivity index (χ4n) is 7.10. The molecule has 4 nitrogen and oxygen atoms in total.